The smallest absolute Gasteiger partial charge is 0.251 e. The van der Waals surface area contributed by atoms with Gasteiger partial charge in [0.2, 0.25) is 0 Å². The average Bonchev–Trinajstić information content (AvgIpc) is 2.50. The van der Waals surface area contributed by atoms with Gasteiger partial charge in [-0.05, 0) is 52.7 Å². The molecule has 1 amide bonds. The molecule has 3 N–H and O–H groups in total. The molecule has 2 rings (SSSR count). The number of carbonyl (C=O) groups excluding carboxylic acids is 1. The minimum Gasteiger partial charge on any atom is -0.494 e. The lowest BCUT2D eigenvalue weighted by atomic mass is 10.2. The number of para-hydroxylation sites is 1. The van der Waals surface area contributed by atoms with Crippen molar-refractivity contribution in [3.05, 3.63) is 58.6 Å². The minimum atomic E-state index is -0.115. The largest absolute Gasteiger partial charge is 0.494 e. The maximum absolute atomic E-state index is 11.9. The number of anilines is 1. The van der Waals surface area contributed by atoms with Crippen LogP contribution < -0.4 is 15.8 Å². The summed E-state index contributed by atoms with van der Waals surface area (Å²) in [7, 11) is 0. The van der Waals surface area contributed by atoms with Crippen molar-refractivity contribution in [3.8, 4) is 5.75 Å². The van der Waals surface area contributed by atoms with Crippen LogP contribution >= 0.6 is 15.9 Å². The minimum absolute atomic E-state index is 0.115. The van der Waals surface area contributed by atoms with E-state index in [1.807, 2.05) is 30.3 Å². The summed E-state index contributed by atoms with van der Waals surface area (Å²) in [5.41, 5.74) is 6.89. The number of amides is 1. The van der Waals surface area contributed by atoms with Gasteiger partial charge in [-0.1, -0.05) is 18.2 Å². The lowest BCUT2D eigenvalue weighted by Crippen LogP contribution is -2.25. The molecule has 0 unspecified atom stereocenters. The number of benzene rings is 2. The van der Waals surface area contributed by atoms with Crippen molar-refractivity contribution in [1.29, 1.82) is 0 Å². The maximum Gasteiger partial charge on any atom is 0.251 e. The lowest BCUT2D eigenvalue weighted by molar-refractivity contribution is 0.0951. The summed E-state index contributed by atoms with van der Waals surface area (Å²) >= 11 is 3.31. The van der Waals surface area contributed by atoms with E-state index in [9.17, 15) is 4.79 Å². The van der Waals surface area contributed by atoms with E-state index in [2.05, 4.69) is 21.2 Å². The van der Waals surface area contributed by atoms with E-state index in [0.717, 1.165) is 16.6 Å². The number of nitrogens with one attached hydrogen (secondary N) is 1. The number of nitrogens with two attached hydrogens (primary N) is 1. The van der Waals surface area contributed by atoms with E-state index in [1.165, 1.54) is 0 Å². The van der Waals surface area contributed by atoms with Gasteiger partial charge in [0.1, 0.15) is 5.75 Å². The number of carbonyl (C=O) groups is 1. The summed E-state index contributed by atoms with van der Waals surface area (Å²) in [6.45, 7) is 1.13. The highest BCUT2D eigenvalue weighted by molar-refractivity contribution is 9.10. The molecule has 0 spiro atoms. The summed E-state index contributed by atoms with van der Waals surface area (Å²) in [5, 5.41) is 2.85. The number of hydrogen-bond donors (Lipinski definition) is 2. The number of hydrogen-bond acceptors (Lipinski definition) is 3. The van der Waals surface area contributed by atoms with Gasteiger partial charge in [0.15, 0.2) is 0 Å². The first kappa shape index (κ1) is 15.4. The summed E-state index contributed by atoms with van der Waals surface area (Å²) < 4.78 is 6.28. The Morgan fingerprint density at radius 1 is 1.19 bits per heavy atom. The van der Waals surface area contributed by atoms with Crippen molar-refractivity contribution in [2.24, 2.45) is 0 Å². The highest BCUT2D eigenvalue weighted by Crippen LogP contribution is 2.20. The summed E-state index contributed by atoms with van der Waals surface area (Å²) in [4.78, 5) is 11.9. The van der Waals surface area contributed by atoms with Gasteiger partial charge in [-0.2, -0.15) is 0 Å². The van der Waals surface area contributed by atoms with Crippen LogP contribution in [0.5, 0.6) is 5.75 Å². The summed E-state index contributed by atoms with van der Waals surface area (Å²) in [6.07, 6.45) is 0.747. The molecule has 21 heavy (non-hydrogen) atoms. The molecular weight excluding hydrogens is 332 g/mol. The lowest BCUT2D eigenvalue weighted by Gasteiger charge is -2.08. The fourth-order valence-electron chi connectivity index (χ4n) is 1.75. The molecular formula is C16H17BrN2O2. The van der Waals surface area contributed by atoms with Crippen LogP contribution in [-0.4, -0.2) is 19.1 Å². The van der Waals surface area contributed by atoms with Gasteiger partial charge in [0.25, 0.3) is 5.91 Å². The molecule has 5 heteroatoms. The van der Waals surface area contributed by atoms with Crippen LogP contribution in [0.1, 0.15) is 16.8 Å². The van der Waals surface area contributed by atoms with Crippen LogP contribution in [0.25, 0.3) is 0 Å². The zero-order valence-electron chi connectivity index (χ0n) is 11.5. The van der Waals surface area contributed by atoms with Crippen LogP contribution in [0, 0.1) is 0 Å². The first-order valence-electron chi connectivity index (χ1n) is 6.68. The highest BCUT2D eigenvalue weighted by atomic mass is 79.9. The number of nitrogen functional groups attached to an aromatic ring is 1. The Morgan fingerprint density at radius 3 is 2.67 bits per heavy atom. The SMILES string of the molecule is Nc1ccc(C(=O)NCCCOc2ccccc2)cc1Br. The molecule has 110 valence electrons. The first-order valence-corrected chi connectivity index (χ1v) is 7.47. The van der Waals surface area contributed by atoms with Crippen LogP contribution in [0.4, 0.5) is 5.69 Å². The van der Waals surface area contributed by atoms with E-state index in [4.69, 9.17) is 10.5 Å². The molecule has 0 saturated carbocycles. The van der Waals surface area contributed by atoms with E-state index < -0.39 is 0 Å². The molecule has 2 aromatic carbocycles. The second-order valence-electron chi connectivity index (χ2n) is 4.51. The zero-order valence-corrected chi connectivity index (χ0v) is 13.1. The highest BCUT2D eigenvalue weighted by Gasteiger charge is 2.06. The normalized spacial score (nSPS) is 10.1. The van der Waals surface area contributed by atoms with E-state index >= 15 is 0 Å². The fraction of sp³-hybridized carbons (Fsp3) is 0.188. The summed E-state index contributed by atoms with van der Waals surface area (Å²) in [6, 6.07) is 14.7. The van der Waals surface area contributed by atoms with Crippen LogP contribution in [0.2, 0.25) is 0 Å². The van der Waals surface area contributed by atoms with Crippen LogP contribution in [0.15, 0.2) is 53.0 Å². The van der Waals surface area contributed by atoms with Crippen molar-refractivity contribution >= 4 is 27.5 Å². The molecule has 4 nitrogen and oxygen atoms in total. The molecule has 0 heterocycles. The van der Waals surface area contributed by atoms with Gasteiger partial charge in [0, 0.05) is 22.3 Å². The molecule has 0 saturated heterocycles. The Hall–Kier alpha value is -2.01. The first-order chi connectivity index (χ1) is 10.2. The van der Waals surface area contributed by atoms with Crippen LogP contribution in [-0.2, 0) is 0 Å². The topological polar surface area (TPSA) is 64.4 Å². The van der Waals surface area contributed by atoms with Crippen molar-refractivity contribution in [2.75, 3.05) is 18.9 Å². The maximum atomic E-state index is 11.9. The third kappa shape index (κ3) is 4.79. The number of halogens is 1. The van der Waals surface area contributed by atoms with Gasteiger partial charge < -0.3 is 15.8 Å². The van der Waals surface area contributed by atoms with Gasteiger partial charge >= 0.3 is 0 Å². The van der Waals surface area contributed by atoms with E-state index in [1.54, 1.807) is 18.2 Å². The number of ether oxygens (including phenoxy) is 1. The Morgan fingerprint density at radius 2 is 1.95 bits per heavy atom. The third-order valence-corrected chi connectivity index (χ3v) is 3.57. The molecule has 0 bridgehead atoms. The van der Waals surface area contributed by atoms with Gasteiger partial charge in [-0.3, -0.25) is 4.79 Å². The Bertz CT molecular complexity index is 602. The number of rotatable bonds is 6. The van der Waals surface area contributed by atoms with Crippen molar-refractivity contribution < 1.29 is 9.53 Å². The zero-order chi connectivity index (χ0) is 15.1. The predicted molar refractivity (Wildman–Crippen MR) is 87.4 cm³/mol. The summed E-state index contributed by atoms with van der Waals surface area (Å²) in [5.74, 6) is 0.724. The third-order valence-electron chi connectivity index (χ3n) is 2.88. The molecule has 0 fully saturated rings. The van der Waals surface area contributed by atoms with Crippen LogP contribution in [0.3, 0.4) is 0 Å². The van der Waals surface area contributed by atoms with E-state index in [0.29, 0.717) is 24.4 Å². The predicted octanol–water partition coefficient (Wildman–Crippen LogP) is 3.23. The van der Waals surface area contributed by atoms with Crippen molar-refractivity contribution in [3.63, 3.8) is 0 Å². The molecule has 0 aliphatic rings. The van der Waals surface area contributed by atoms with Gasteiger partial charge in [-0.15, -0.1) is 0 Å². The molecule has 0 atom stereocenters. The van der Waals surface area contributed by atoms with E-state index in [-0.39, 0.29) is 5.91 Å². The molecule has 2 aromatic rings. The van der Waals surface area contributed by atoms with Gasteiger partial charge in [0.05, 0.1) is 6.61 Å². The Kier molecular flexibility index (Phi) is 5.63. The Labute approximate surface area is 132 Å². The van der Waals surface area contributed by atoms with Crippen molar-refractivity contribution in [1.82, 2.24) is 5.32 Å². The molecule has 0 aliphatic carbocycles. The average molecular weight is 349 g/mol. The second kappa shape index (κ2) is 7.69. The van der Waals surface area contributed by atoms with Crippen molar-refractivity contribution in [2.45, 2.75) is 6.42 Å². The molecule has 0 aliphatic heterocycles. The standard InChI is InChI=1S/C16H17BrN2O2/c17-14-11-12(7-8-15(14)18)16(20)19-9-4-10-21-13-5-2-1-3-6-13/h1-3,5-8,11H,4,9-10,18H2,(H,19,20). The Balaban J connectivity index is 1.71. The molecule has 0 aromatic heterocycles. The monoisotopic (exact) mass is 348 g/mol. The fourth-order valence-corrected chi connectivity index (χ4v) is 2.13. The molecule has 0 radical (unpaired) electrons. The second-order valence-corrected chi connectivity index (χ2v) is 5.36. The van der Waals surface area contributed by atoms with Gasteiger partial charge in [-0.25, -0.2) is 0 Å². The quantitative estimate of drug-likeness (QED) is 0.622.